The molecule has 0 saturated heterocycles. The van der Waals surface area contributed by atoms with Crippen LogP contribution in [0.5, 0.6) is 5.75 Å². The first-order valence-corrected chi connectivity index (χ1v) is 10.1. The summed E-state index contributed by atoms with van der Waals surface area (Å²) < 4.78 is 5.25. The smallest absolute Gasteiger partial charge is 0.266 e. The second-order valence-electron chi connectivity index (χ2n) is 6.38. The van der Waals surface area contributed by atoms with Crippen LogP contribution in [-0.4, -0.2) is 18.9 Å². The summed E-state index contributed by atoms with van der Waals surface area (Å²) in [6, 6.07) is 16.1. The van der Waals surface area contributed by atoms with Gasteiger partial charge >= 0.3 is 0 Å². The molecule has 0 radical (unpaired) electrons. The summed E-state index contributed by atoms with van der Waals surface area (Å²) in [5.74, 6) is -0.138. The van der Waals surface area contributed by atoms with E-state index in [9.17, 15) is 14.9 Å². The highest BCUT2D eigenvalue weighted by Gasteiger charge is 2.22. The molecule has 2 amide bonds. The number of ether oxygens (including phenoxy) is 1. The lowest BCUT2D eigenvalue weighted by Crippen LogP contribution is -2.14. The second-order valence-corrected chi connectivity index (χ2v) is 7.83. The topological polar surface area (TPSA) is 91.2 Å². The number of anilines is 2. The number of methoxy groups -OCH3 is 1. The lowest BCUT2D eigenvalue weighted by Gasteiger charge is -2.09. The average Bonchev–Trinajstić information content (AvgIpc) is 3.05. The number of rotatable bonds is 6. The summed E-state index contributed by atoms with van der Waals surface area (Å²) in [4.78, 5) is 25.6. The van der Waals surface area contributed by atoms with Crippen LogP contribution in [0.3, 0.4) is 0 Å². The number of hydrogen-bond acceptors (Lipinski definition) is 5. The molecule has 0 aliphatic rings. The number of carbonyl (C=O) groups excluding carboxylic acids is 2. The number of nitrogens with zero attached hydrogens (tertiary/aromatic N) is 1. The van der Waals surface area contributed by atoms with Crippen molar-refractivity contribution in [3.8, 4) is 11.8 Å². The molecule has 8 heteroatoms. The zero-order valence-corrected chi connectivity index (χ0v) is 17.9. The summed E-state index contributed by atoms with van der Waals surface area (Å²) in [5.41, 5.74) is 2.09. The van der Waals surface area contributed by atoms with Crippen LogP contribution in [0.25, 0.3) is 0 Å². The van der Waals surface area contributed by atoms with Crippen LogP contribution in [0, 0.1) is 18.3 Å². The number of nitriles is 1. The number of para-hydroxylation sites is 2. The molecule has 0 saturated carbocycles. The zero-order valence-electron chi connectivity index (χ0n) is 16.3. The van der Waals surface area contributed by atoms with Crippen molar-refractivity contribution in [3.05, 3.63) is 75.1 Å². The highest BCUT2D eigenvalue weighted by atomic mass is 35.5. The molecular weight excluding hydrogens is 422 g/mol. The SMILES string of the molecule is COc1ccccc1NC(=O)c1sc(NC(=O)Cc2ccc(Cl)cc2)c(C#N)c1C. The summed E-state index contributed by atoms with van der Waals surface area (Å²) in [5, 5.41) is 16.0. The molecule has 2 N–H and O–H groups in total. The number of thiophene rings is 1. The van der Waals surface area contributed by atoms with E-state index in [4.69, 9.17) is 16.3 Å². The van der Waals surface area contributed by atoms with Crippen molar-refractivity contribution in [3.63, 3.8) is 0 Å². The Kier molecular flexibility index (Phi) is 6.72. The molecule has 0 atom stereocenters. The van der Waals surface area contributed by atoms with Crippen LogP contribution in [0.4, 0.5) is 10.7 Å². The predicted molar refractivity (Wildman–Crippen MR) is 119 cm³/mol. The van der Waals surface area contributed by atoms with Gasteiger partial charge in [-0.05, 0) is 42.3 Å². The highest BCUT2D eigenvalue weighted by Crippen LogP contribution is 2.34. The summed E-state index contributed by atoms with van der Waals surface area (Å²) in [7, 11) is 1.52. The number of carbonyl (C=O) groups is 2. The number of hydrogen-bond donors (Lipinski definition) is 2. The van der Waals surface area contributed by atoms with Gasteiger partial charge in [-0.15, -0.1) is 11.3 Å². The minimum absolute atomic E-state index is 0.127. The molecule has 30 heavy (non-hydrogen) atoms. The molecule has 0 aliphatic carbocycles. The Labute approximate surface area is 183 Å². The molecule has 1 aromatic heterocycles. The Balaban J connectivity index is 1.79. The first-order valence-electron chi connectivity index (χ1n) is 8.95. The van der Waals surface area contributed by atoms with Crippen LogP contribution in [-0.2, 0) is 11.2 Å². The number of halogens is 1. The van der Waals surface area contributed by atoms with Gasteiger partial charge in [-0.3, -0.25) is 9.59 Å². The zero-order chi connectivity index (χ0) is 21.7. The van der Waals surface area contributed by atoms with E-state index in [1.807, 2.05) is 0 Å². The normalized spacial score (nSPS) is 10.2. The monoisotopic (exact) mass is 439 g/mol. The van der Waals surface area contributed by atoms with E-state index in [0.717, 1.165) is 16.9 Å². The number of nitrogens with one attached hydrogen (secondary N) is 2. The van der Waals surface area contributed by atoms with Crippen molar-refractivity contribution >= 4 is 45.4 Å². The van der Waals surface area contributed by atoms with Gasteiger partial charge in [0.05, 0.1) is 29.7 Å². The van der Waals surface area contributed by atoms with Gasteiger partial charge in [-0.2, -0.15) is 5.26 Å². The fourth-order valence-corrected chi connectivity index (χ4v) is 4.03. The van der Waals surface area contributed by atoms with Gasteiger partial charge in [0.15, 0.2) is 0 Å². The standard InChI is InChI=1S/C22H18ClN3O3S/c1-13-16(12-24)22(26-19(27)11-14-7-9-15(23)10-8-14)30-20(13)21(28)25-17-5-3-4-6-18(17)29-2/h3-10H,11H2,1-2H3,(H,25,28)(H,26,27). The third-order valence-electron chi connectivity index (χ3n) is 4.35. The van der Waals surface area contributed by atoms with Gasteiger partial charge < -0.3 is 15.4 Å². The lowest BCUT2D eigenvalue weighted by molar-refractivity contribution is -0.115. The van der Waals surface area contributed by atoms with Crippen LogP contribution in [0.15, 0.2) is 48.5 Å². The van der Waals surface area contributed by atoms with Crippen molar-refractivity contribution in [2.24, 2.45) is 0 Å². The largest absolute Gasteiger partial charge is 0.495 e. The third-order valence-corrected chi connectivity index (χ3v) is 5.81. The van der Waals surface area contributed by atoms with E-state index < -0.39 is 0 Å². The Morgan fingerprint density at radius 2 is 1.83 bits per heavy atom. The predicted octanol–water partition coefficient (Wildman–Crippen LogP) is 5.02. The van der Waals surface area contributed by atoms with Crippen molar-refractivity contribution in [1.82, 2.24) is 0 Å². The van der Waals surface area contributed by atoms with Gasteiger partial charge in [-0.1, -0.05) is 35.9 Å². The molecular formula is C22H18ClN3O3S. The molecule has 1 heterocycles. The molecule has 0 aliphatic heterocycles. The summed E-state index contributed by atoms with van der Waals surface area (Å²) in [6.45, 7) is 1.68. The lowest BCUT2D eigenvalue weighted by atomic mass is 10.1. The van der Waals surface area contributed by atoms with Gasteiger partial charge in [0.2, 0.25) is 5.91 Å². The van der Waals surface area contributed by atoms with Crippen molar-refractivity contribution < 1.29 is 14.3 Å². The van der Waals surface area contributed by atoms with Gasteiger partial charge in [0.1, 0.15) is 16.8 Å². The third kappa shape index (κ3) is 4.79. The van der Waals surface area contributed by atoms with Crippen LogP contribution >= 0.6 is 22.9 Å². The second kappa shape index (κ2) is 9.44. The van der Waals surface area contributed by atoms with E-state index in [1.54, 1.807) is 55.5 Å². The fourth-order valence-electron chi connectivity index (χ4n) is 2.84. The summed E-state index contributed by atoms with van der Waals surface area (Å²) in [6.07, 6.45) is 0.127. The Hall–Kier alpha value is -3.34. The minimum Gasteiger partial charge on any atom is -0.495 e. The molecule has 0 fully saturated rings. The Morgan fingerprint density at radius 3 is 2.50 bits per heavy atom. The molecule has 2 aromatic carbocycles. The number of amides is 2. The molecule has 0 spiro atoms. The minimum atomic E-state index is -0.378. The number of benzene rings is 2. The molecule has 152 valence electrons. The maximum absolute atomic E-state index is 12.8. The van der Waals surface area contributed by atoms with Gasteiger partial charge in [0.25, 0.3) is 5.91 Å². The first kappa shape index (κ1) is 21.4. The first-order chi connectivity index (χ1) is 14.4. The van der Waals surface area contributed by atoms with Gasteiger partial charge in [0, 0.05) is 5.02 Å². The van der Waals surface area contributed by atoms with Crippen LogP contribution < -0.4 is 15.4 Å². The Morgan fingerprint density at radius 1 is 1.13 bits per heavy atom. The average molecular weight is 440 g/mol. The van der Waals surface area contributed by atoms with Gasteiger partial charge in [-0.25, -0.2) is 0 Å². The maximum atomic E-state index is 12.8. The van der Waals surface area contributed by atoms with Crippen molar-refractivity contribution in [2.45, 2.75) is 13.3 Å². The molecule has 3 aromatic rings. The Bertz CT molecular complexity index is 1130. The quantitative estimate of drug-likeness (QED) is 0.563. The van der Waals surface area contributed by atoms with Crippen LogP contribution in [0.2, 0.25) is 5.02 Å². The highest BCUT2D eigenvalue weighted by molar-refractivity contribution is 7.18. The van der Waals surface area contributed by atoms with Crippen molar-refractivity contribution in [2.75, 3.05) is 17.7 Å². The molecule has 0 unspecified atom stereocenters. The van der Waals surface area contributed by atoms with E-state index in [-0.39, 0.29) is 23.8 Å². The molecule has 0 bridgehead atoms. The van der Waals surface area contributed by atoms with E-state index in [0.29, 0.717) is 31.9 Å². The molecule has 3 rings (SSSR count). The van der Waals surface area contributed by atoms with E-state index in [2.05, 4.69) is 16.7 Å². The van der Waals surface area contributed by atoms with E-state index in [1.165, 1.54) is 7.11 Å². The summed E-state index contributed by atoms with van der Waals surface area (Å²) >= 11 is 6.93. The fraction of sp³-hybridized carbons (Fsp3) is 0.136. The van der Waals surface area contributed by atoms with E-state index >= 15 is 0 Å². The molecule has 6 nitrogen and oxygen atoms in total. The maximum Gasteiger partial charge on any atom is 0.266 e. The van der Waals surface area contributed by atoms with Crippen LogP contribution in [0.1, 0.15) is 26.4 Å². The van der Waals surface area contributed by atoms with Crippen molar-refractivity contribution in [1.29, 1.82) is 5.26 Å².